The SMILES string of the molecule is COc1ccc(C2(CNC(=O)c3ccc(NC(C)=O)cc3)CCOCC2)cc1. The van der Waals surface area contributed by atoms with E-state index in [4.69, 9.17) is 9.47 Å². The Morgan fingerprint density at radius 3 is 2.25 bits per heavy atom. The second-order valence-electron chi connectivity index (χ2n) is 7.06. The van der Waals surface area contributed by atoms with Crippen molar-refractivity contribution in [1.82, 2.24) is 5.32 Å². The van der Waals surface area contributed by atoms with Crippen molar-refractivity contribution in [2.45, 2.75) is 25.2 Å². The predicted molar refractivity (Wildman–Crippen MR) is 108 cm³/mol. The highest BCUT2D eigenvalue weighted by Gasteiger charge is 2.35. The highest BCUT2D eigenvalue weighted by atomic mass is 16.5. The largest absolute Gasteiger partial charge is 0.497 e. The minimum absolute atomic E-state index is 0.131. The maximum Gasteiger partial charge on any atom is 0.251 e. The van der Waals surface area contributed by atoms with Gasteiger partial charge in [-0.15, -0.1) is 0 Å². The fourth-order valence-corrected chi connectivity index (χ4v) is 3.53. The molecule has 1 aliphatic heterocycles. The molecule has 0 radical (unpaired) electrons. The van der Waals surface area contributed by atoms with Crippen LogP contribution < -0.4 is 15.4 Å². The molecule has 1 heterocycles. The second-order valence-corrected chi connectivity index (χ2v) is 7.06. The van der Waals surface area contributed by atoms with Gasteiger partial charge in [-0.3, -0.25) is 9.59 Å². The number of nitrogens with one attached hydrogen (secondary N) is 2. The number of hydrogen-bond donors (Lipinski definition) is 2. The number of methoxy groups -OCH3 is 1. The lowest BCUT2D eigenvalue weighted by Gasteiger charge is -2.38. The van der Waals surface area contributed by atoms with Crippen molar-refractivity contribution in [2.75, 3.05) is 32.2 Å². The smallest absolute Gasteiger partial charge is 0.251 e. The zero-order chi connectivity index (χ0) is 20.0. The van der Waals surface area contributed by atoms with Crippen LogP contribution in [0.25, 0.3) is 0 Å². The molecule has 0 atom stereocenters. The summed E-state index contributed by atoms with van der Waals surface area (Å²) in [6, 6.07) is 14.9. The van der Waals surface area contributed by atoms with Crippen molar-refractivity contribution in [3.8, 4) is 5.75 Å². The average molecular weight is 382 g/mol. The fraction of sp³-hybridized carbons (Fsp3) is 0.364. The molecule has 0 unspecified atom stereocenters. The molecule has 1 saturated heterocycles. The number of hydrogen-bond acceptors (Lipinski definition) is 4. The third-order valence-corrected chi connectivity index (χ3v) is 5.21. The van der Waals surface area contributed by atoms with Crippen LogP contribution in [0.1, 0.15) is 35.7 Å². The van der Waals surface area contributed by atoms with E-state index >= 15 is 0 Å². The third-order valence-electron chi connectivity index (χ3n) is 5.21. The average Bonchev–Trinajstić information content (AvgIpc) is 2.73. The lowest BCUT2D eigenvalue weighted by Crippen LogP contribution is -2.44. The summed E-state index contributed by atoms with van der Waals surface area (Å²) >= 11 is 0. The number of anilines is 1. The van der Waals surface area contributed by atoms with Crippen LogP contribution in [0.4, 0.5) is 5.69 Å². The normalized spacial score (nSPS) is 15.5. The van der Waals surface area contributed by atoms with Gasteiger partial charge in [0.15, 0.2) is 0 Å². The highest BCUT2D eigenvalue weighted by Crippen LogP contribution is 2.35. The molecule has 0 saturated carbocycles. The van der Waals surface area contributed by atoms with E-state index in [2.05, 4.69) is 22.8 Å². The summed E-state index contributed by atoms with van der Waals surface area (Å²) in [4.78, 5) is 23.8. The van der Waals surface area contributed by atoms with Crippen molar-refractivity contribution < 1.29 is 19.1 Å². The first-order valence-electron chi connectivity index (χ1n) is 9.40. The number of carbonyl (C=O) groups is 2. The molecule has 2 amide bonds. The first kappa shape index (κ1) is 19.9. The summed E-state index contributed by atoms with van der Waals surface area (Å²) in [6.07, 6.45) is 1.70. The number of amides is 2. The molecule has 2 aromatic rings. The Morgan fingerprint density at radius 2 is 1.68 bits per heavy atom. The van der Waals surface area contributed by atoms with Gasteiger partial charge in [-0.25, -0.2) is 0 Å². The standard InChI is InChI=1S/C22H26N2O4/c1-16(25)24-19-7-3-17(4-8-19)21(26)23-15-22(11-13-28-14-12-22)18-5-9-20(27-2)10-6-18/h3-10H,11-15H2,1-2H3,(H,23,26)(H,24,25). The number of benzene rings is 2. The highest BCUT2D eigenvalue weighted by molar-refractivity contribution is 5.95. The first-order chi connectivity index (χ1) is 13.5. The van der Waals surface area contributed by atoms with E-state index in [0.29, 0.717) is 31.0 Å². The van der Waals surface area contributed by atoms with E-state index in [1.807, 2.05) is 12.1 Å². The van der Waals surface area contributed by atoms with E-state index in [0.717, 1.165) is 18.6 Å². The first-order valence-corrected chi connectivity index (χ1v) is 9.40. The zero-order valence-corrected chi connectivity index (χ0v) is 16.3. The molecule has 6 nitrogen and oxygen atoms in total. The van der Waals surface area contributed by atoms with Gasteiger partial charge in [0.05, 0.1) is 7.11 Å². The Morgan fingerprint density at radius 1 is 1.04 bits per heavy atom. The quantitative estimate of drug-likeness (QED) is 0.805. The van der Waals surface area contributed by atoms with Crippen LogP contribution in [-0.4, -0.2) is 38.7 Å². The predicted octanol–water partition coefficient (Wildman–Crippen LogP) is 3.13. The number of rotatable bonds is 6. The van der Waals surface area contributed by atoms with Crippen molar-refractivity contribution in [3.05, 3.63) is 59.7 Å². The van der Waals surface area contributed by atoms with Crippen molar-refractivity contribution in [3.63, 3.8) is 0 Å². The molecular weight excluding hydrogens is 356 g/mol. The van der Waals surface area contributed by atoms with E-state index in [-0.39, 0.29) is 17.2 Å². The van der Waals surface area contributed by atoms with Gasteiger partial charge < -0.3 is 20.1 Å². The van der Waals surface area contributed by atoms with Crippen LogP contribution in [0.15, 0.2) is 48.5 Å². The van der Waals surface area contributed by atoms with Crippen LogP contribution in [0.3, 0.4) is 0 Å². The molecule has 1 aliphatic rings. The van der Waals surface area contributed by atoms with Crippen molar-refractivity contribution >= 4 is 17.5 Å². The van der Waals surface area contributed by atoms with Crippen molar-refractivity contribution in [1.29, 1.82) is 0 Å². The van der Waals surface area contributed by atoms with E-state index in [1.165, 1.54) is 12.5 Å². The van der Waals surface area contributed by atoms with E-state index < -0.39 is 0 Å². The minimum Gasteiger partial charge on any atom is -0.497 e. The monoisotopic (exact) mass is 382 g/mol. The summed E-state index contributed by atoms with van der Waals surface area (Å²) in [7, 11) is 1.65. The lowest BCUT2D eigenvalue weighted by molar-refractivity contribution is -0.114. The lowest BCUT2D eigenvalue weighted by atomic mass is 9.74. The summed E-state index contributed by atoms with van der Waals surface area (Å²) in [5.74, 6) is 0.543. The van der Waals surface area contributed by atoms with Gasteiger partial charge in [0.25, 0.3) is 5.91 Å². The summed E-state index contributed by atoms with van der Waals surface area (Å²) in [6.45, 7) is 3.34. The van der Waals surface area contributed by atoms with Gasteiger partial charge in [-0.05, 0) is 54.8 Å². The molecule has 1 fully saturated rings. The summed E-state index contributed by atoms with van der Waals surface area (Å²) in [5, 5.41) is 5.78. The molecule has 0 spiro atoms. The minimum atomic E-state index is -0.156. The fourth-order valence-electron chi connectivity index (χ4n) is 3.53. The molecule has 0 aliphatic carbocycles. The molecule has 0 bridgehead atoms. The van der Waals surface area contributed by atoms with Crippen LogP contribution in [-0.2, 0) is 14.9 Å². The van der Waals surface area contributed by atoms with Gasteiger partial charge >= 0.3 is 0 Å². The van der Waals surface area contributed by atoms with Crippen LogP contribution in [0.2, 0.25) is 0 Å². The third kappa shape index (κ3) is 4.70. The van der Waals surface area contributed by atoms with Gasteiger partial charge in [0.2, 0.25) is 5.91 Å². The zero-order valence-electron chi connectivity index (χ0n) is 16.3. The number of carbonyl (C=O) groups excluding carboxylic acids is 2. The summed E-state index contributed by atoms with van der Waals surface area (Å²) < 4.78 is 10.8. The van der Waals surface area contributed by atoms with E-state index in [1.54, 1.807) is 31.4 Å². The Kier molecular flexibility index (Phi) is 6.31. The Hall–Kier alpha value is -2.86. The van der Waals surface area contributed by atoms with Gasteiger partial charge in [0.1, 0.15) is 5.75 Å². The van der Waals surface area contributed by atoms with Gasteiger partial charge in [0, 0.05) is 43.3 Å². The van der Waals surface area contributed by atoms with Crippen LogP contribution in [0, 0.1) is 0 Å². The molecule has 28 heavy (non-hydrogen) atoms. The second kappa shape index (κ2) is 8.89. The number of ether oxygens (including phenoxy) is 2. The molecule has 2 N–H and O–H groups in total. The van der Waals surface area contributed by atoms with E-state index in [9.17, 15) is 9.59 Å². The topological polar surface area (TPSA) is 76.7 Å². The maximum atomic E-state index is 12.6. The summed E-state index contributed by atoms with van der Waals surface area (Å²) in [5.41, 5.74) is 2.25. The molecule has 3 rings (SSSR count). The van der Waals surface area contributed by atoms with Crippen LogP contribution in [0.5, 0.6) is 5.75 Å². The van der Waals surface area contributed by atoms with Gasteiger partial charge in [-0.2, -0.15) is 0 Å². The molecule has 6 heteroatoms. The molecule has 2 aromatic carbocycles. The molecular formula is C22H26N2O4. The van der Waals surface area contributed by atoms with Crippen LogP contribution >= 0.6 is 0 Å². The van der Waals surface area contributed by atoms with Gasteiger partial charge in [-0.1, -0.05) is 12.1 Å². The Balaban J connectivity index is 1.71. The Bertz CT molecular complexity index is 809. The molecule has 148 valence electrons. The Labute approximate surface area is 165 Å². The molecule has 0 aromatic heterocycles. The maximum absolute atomic E-state index is 12.6. The van der Waals surface area contributed by atoms with Crippen molar-refractivity contribution in [2.24, 2.45) is 0 Å².